The molecule has 0 saturated carbocycles. The van der Waals surface area contributed by atoms with E-state index in [-0.39, 0.29) is 5.91 Å². The van der Waals surface area contributed by atoms with E-state index in [0.717, 1.165) is 91.6 Å². The van der Waals surface area contributed by atoms with Gasteiger partial charge in [0.2, 0.25) is 0 Å². The number of fused-ring (bicyclic) bond motifs is 1. The smallest absolute Gasteiger partial charge is 0.251 e. The van der Waals surface area contributed by atoms with Gasteiger partial charge >= 0.3 is 0 Å². The molecule has 6 heteroatoms. The third kappa shape index (κ3) is 8.32. The van der Waals surface area contributed by atoms with Gasteiger partial charge in [0, 0.05) is 49.2 Å². The summed E-state index contributed by atoms with van der Waals surface area (Å²) < 4.78 is 17.1. The van der Waals surface area contributed by atoms with E-state index < -0.39 is 0 Å². The number of unbranched alkanes of at least 4 members (excludes halogenated alkanes) is 1. The van der Waals surface area contributed by atoms with Crippen LogP contribution in [-0.2, 0) is 14.3 Å². The molecule has 0 aromatic heterocycles. The van der Waals surface area contributed by atoms with Gasteiger partial charge in [-0.05, 0) is 79.3 Å². The Balaban J connectivity index is 1.52. The SMILES string of the molecule is C=C/C=C(\C)NC(=O)C1=Cc2cc(-c3ccc(OCCOCCCC)cc3)ccc2N(CC2CCOC2)CC1. The van der Waals surface area contributed by atoms with Gasteiger partial charge in [0.05, 0.1) is 13.2 Å². The molecule has 1 amide bonds. The summed E-state index contributed by atoms with van der Waals surface area (Å²) in [6.07, 6.45) is 9.51. The normalized spacial score (nSPS) is 17.3. The third-order valence-electron chi connectivity index (χ3n) is 7.15. The summed E-state index contributed by atoms with van der Waals surface area (Å²) in [7, 11) is 0. The summed E-state index contributed by atoms with van der Waals surface area (Å²) >= 11 is 0. The summed E-state index contributed by atoms with van der Waals surface area (Å²) in [4.78, 5) is 15.6. The highest BCUT2D eigenvalue weighted by Crippen LogP contribution is 2.34. The first kappa shape index (κ1) is 28.7. The van der Waals surface area contributed by atoms with Crippen molar-refractivity contribution in [2.24, 2.45) is 5.92 Å². The first-order valence-corrected chi connectivity index (χ1v) is 14.2. The summed E-state index contributed by atoms with van der Waals surface area (Å²) in [5.74, 6) is 1.28. The van der Waals surface area contributed by atoms with E-state index >= 15 is 0 Å². The number of carbonyl (C=O) groups is 1. The van der Waals surface area contributed by atoms with Crippen LogP contribution in [0.5, 0.6) is 5.75 Å². The zero-order chi connectivity index (χ0) is 27.5. The second-order valence-electron chi connectivity index (χ2n) is 10.2. The standard InChI is InChI=1S/C33H42N2O4/c1-4-6-17-37-19-20-39-31-11-8-27(9-12-31)28-10-13-32-30(21-28)22-29(33(36)34-25(3)7-5-2)14-16-35(32)23-26-15-18-38-24-26/h5,7-13,21-22,26H,2,4,6,14-20,23-24H2,1,3H3,(H,34,36)/b25-7+. The van der Waals surface area contributed by atoms with Gasteiger partial charge in [-0.2, -0.15) is 0 Å². The van der Waals surface area contributed by atoms with Crippen molar-refractivity contribution in [1.29, 1.82) is 0 Å². The van der Waals surface area contributed by atoms with Gasteiger partial charge in [-0.15, -0.1) is 0 Å². The molecular weight excluding hydrogens is 488 g/mol. The first-order chi connectivity index (χ1) is 19.1. The quantitative estimate of drug-likeness (QED) is 0.240. The minimum absolute atomic E-state index is 0.0619. The van der Waals surface area contributed by atoms with E-state index in [9.17, 15) is 4.79 Å². The van der Waals surface area contributed by atoms with Crippen LogP contribution < -0.4 is 15.0 Å². The molecule has 2 aliphatic rings. The van der Waals surface area contributed by atoms with Crippen LogP contribution in [0.25, 0.3) is 17.2 Å². The maximum atomic E-state index is 13.1. The van der Waals surface area contributed by atoms with Crippen molar-refractivity contribution in [2.75, 3.05) is 51.0 Å². The second kappa shape index (κ2) is 14.7. The third-order valence-corrected chi connectivity index (χ3v) is 7.15. The molecule has 2 heterocycles. The maximum absolute atomic E-state index is 13.1. The van der Waals surface area contributed by atoms with Crippen LogP contribution in [0.1, 0.15) is 45.1 Å². The van der Waals surface area contributed by atoms with Crippen molar-refractivity contribution >= 4 is 17.7 Å². The zero-order valence-corrected chi connectivity index (χ0v) is 23.4. The minimum atomic E-state index is -0.0619. The Morgan fingerprint density at radius 2 is 1.97 bits per heavy atom. The number of hydrogen-bond donors (Lipinski definition) is 1. The number of nitrogens with zero attached hydrogens (tertiary/aromatic N) is 1. The van der Waals surface area contributed by atoms with Crippen LogP contribution in [-0.4, -0.2) is 52.0 Å². The molecule has 2 aliphatic heterocycles. The van der Waals surface area contributed by atoms with E-state index in [0.29, 0.717) is 25.6 Å². The van der Waals surface area contributed by atoms with Gasteiger partial charge in [-0.3, -0.25) is 4.79 Å². The number of carbonyl (C=O) groups excluding carboxylic acids is 1. The van der Waals surface area contributed by atoms with Gasteiger partial charge in [0.25, 0.3) is 5.91 Å². The van der Waals surface area contributed by atoms with Gasteiger partial charge in [-0.1, -0.05) is 44.2 Å². The number of hydrogen-bond acceptors (Lipinski definition) is 5. The number of anilines is 1. The summed E-state index contributed by atoms with van der Waals surface area (Å²) in [5, 5.41) is 3.00. The molecule has 0 spiro atoms. The fraction of sp³-hybridized carbons (Fsp3) is 0.424. The van der Waals surface area contributed by atoms with E-state index in [4.69, 9.17) is 14.2 Å². The topological polar surface area (TPSA) is 60.0 Å². The molecule has 208 valence electrons. The van der Waals surface area contributed by atoms with Crippen LogP contribution in [0.15, 0.2) is 72.5 Å². The highest BCUT2D eigenvalue weighted by molar-refractivity contribution is 6.00. The number of benzene rings is 2. The molecule has 1 saturated heterocycles. The number of allylic oxidation sites excluding steroid dienone is 3. The molecular formula is C33H42N2O4. The van der Waals surface area contributed by atoms with Crippen molar-refractivity contribution in [2.45, 2.75) is 39.5 Å². The van der Waals surface area contributed by atoms with Crippen LogP contribution in [0, 0.1) is 5.92 Å². The van der Waals surface area contributed by atoms with Crippen molar-refractivity contribution in [3.8, 4) is 16.9 Å². The highest BCUT2D eigenvalue weighted by Gasteiger charge is 2.24. The molecule has 1 unspecified atom stereocenters. The van der Waals surface area contributed by atoms with Crippen LogP contribution in [0.2, 0.25) is 0 Å². The first-order valence-electron chi connectivity index (χ1n) is 14.2. The monoisotopic (exact) mass is 530 g/mol. The zero-order valence-electron chi connectivity index (χ0n) is 23.4. The lowest BCUT2D eigenvalue weighted by Crippen LogP contribution is -2.31. The molecule has 0 aliphatic carbocycles. The average Bonchev–Trinajstić information content (AvgIpc) is 3.38. The minimum Gasteiger partial charge on any atom is -0.491 e. The predicted molar refractivity (Wildman–Crippen MR) is 159 cm³/mol. The Morgan fingerprint density at radius 1 is 1.15 bits per heavy atom. The summed E-state index contributed by atoms with van der Waals surface area (Å²) in [6, 6.07) is 14.7. The summed E-state index contributed by atoms with van der Waals surface area (Å²) in [5.41, 5.74) is 5.99. The van der Waals surface area contributed by atoms with Crippen LogP contribution >= 0.6 is 0 Å². The average molecular weight is 531 g/mol. The van der Waals surface area contributed by atoms with Crippen LogP contribution in [0.3, 0.4) is 0 Å². The lowest BCUT2D eigenvalue weighted by atomic mass is 9.99. The van der Waals surface area contributed by atoms with Gasteiger partial charge in [0.15, 0.2) is 0 Å². The largest absolute Gasteiger partial charge is 0.491 e. The molecule has 0 radical (unpaired) electrons. The Labute approximate surface area is 233 Å². The van der Waals surface area contributed by atoms with Gasteiger partial charge in [0.1, 0.15) is 12.4 Å². The van der Waals surface area contributed by atoms with E-state index in [2.05, 4.69) is 60.1 Å². The second-order valence-corrected chi connectivity index (χ2v) is 10.2. The van der Waals surface area contributed by atoms with Crippen molar-refractivity contribution in [3.05, 3.63) is 78.0 Å². The van der Waals surface area contributed by atoms with Gasteiger partial charge in [-0.25, -0.2) is 0 Å². The molecule has 0 bridgehead atoms. The molecule has 39 heavy (non-hydrogen) atoms. The Hall–Kier alpha value is -3.35. The van der Waals surface area contributed by atoms with Crippen molar-refractivity contribution < 1.29 is 19.0 Å². The summed E-state index contributed by atoms with van der Waals surface area (Å²) in [6.45, 7) is 13.0. The van der Waals surface area contributed by atoms with Crippen molar-refractivity contribution in [3.63, 3.8) is 0 Å². The molecule has 1 fully saturated rings. The van der Waals surface area contributed by atoms with Crippen molar-refractivity contribution in [1.82, 2.24) is 5.32 Å². The fourth-order valence-corrected chi connectivity index (χ4v) is 4.97. The Bertz CT molecular complexity index is 1160. The molecule has 2 aromatic carbocycles. The number of amides is 1. The molecule has 6 nitrogen and oxygen atoms in total. The molecule has 4 rings (SSSR count). The predicted octanol–water partition coefficient (Wildman–Crippen LogP) is 6.39. The van der Waals surface area contributed by atoms with E-state index in [1.807, 2.05) is 19.1 Å². The lowest BCUT2D eigenvalue weighted by molar-refractivity contribution is -0.116. The fourth-order valence-electron chi connectivity index (χ4n) is 4.97. The van der Waals surface area contributed by atoms with Crippen LogP contribution in [0.4, 0.5) is 5.69 Å². The lowest BCUT2D eigenvalue weighted by Gasteiger charge is -2.28. The van der Waals surface area contributed by atoms with E-state index in [1.54, 1.807) is 12.2 Å². The highest BCUT2D eigenvalue weighted by atomic mass is 16.5. The number of rotatable bonds is 13. The molecule has 1 N–H and O–H groups in total. The Morgan fingerprint density at radius 3 is 2.72 bits per heavy atom. The number of ether oxygens (including phenoxy) is 3. The Kier molecular flexibility index (Phi) is 10.8. The molecule has 2 aromatic rings. The molecule has 1 atom stereocenters. The van der Waals surface area contributed by atoms with Gasteiger partial charge < -0.3 is 24.4 Å². The number of nitrogens with one attached hydrogen (secondary N) is 1. The maximum Gasteiger partial charge on any atom is 0.251 e. The van der Waals surface area contributed by atoms with E-state index in [1.165, 1.54) is 0 Å².